The Hall–Kier alpha value is -3.02. The molecule has 0 radical (unpaired) electrons. The fraction of sp³-hybridized carbons (Fsp3) is 0.286. The highest BCUT2D eigenvalue weighted by Crippen LogP contribution is 2.20. The van der Waals surface area contributed by atoms with Gasteiger partial charge in [-0.3, -0.25) is 9.59 Å². The van der Waals surface area contributed by atoms with E-state index in [-0.39, 0.29) is 31.0 Å². The topological polar surface area (TPSA) is 58.6 Å². The molecule has 0 unspecified atom stereocenters. The maximum atomic E-state index is 13.5. The molecular formula is C28H30Cl2N2O3. The van der Waals surface area contributed by atoms with Gasteiger partial charge in [0.25, 0.3) is 5.91 Å². The first kappa shape index (κ1) is 26.6. The van der Waals surface area contributed by atoms with E-state index in [9.17, 15) is 9.59 Å². The molecule has 35 heavy (non-hydrogen) atoms. The predicted octanol–water partition coefficient (Wildman–Crippen LogP) is 5.93. The molecule has 0 aliphatic rings. The van der Waals surface area contributed by atoms with Crippen molar-refractivity contribution < 1.29 is 14.3 Å². The summed E-state index contributed by atoms with van der Waals surface area (Å²) in [4.78, 5) is 28.5. The van der Waals surface area contributed by atoms with Gasteiger partial charge in [-0.25, -0.2) is 0 Å². The van der Waals surface area contributed by atoms with Gasteiger partial charge in [0, 0.05) is 29.1 Å². The molecule has 0 saturated heterocycles. The van der Waals surface area contributed by atoms with Crippen molar-refractivity contribution in [1.82, 2.24) is 10.2 Å². The zero-order valence-corrected chi connectivity index (χ0v) is 21.4. The number of carbonyl (C=O) groups excluding carboxylic acids is 2. The van der Waals surface area contributed by atoms with Gasteiger partial charge in [-0.1, -0.05) is 78.7 Å². The number of amides is 2. The zero-order chi connectivity index (χ0) is 25.2. The highest BCUT2D eigenvalue weighted by Gasteiger charge is 2.31. The molecule has 184 valence electrons. The molecule has 2 amide bonds. The van der Waals surface area contributed by atoms with Crippen LogP contribution < -0.4 is 10.1 Å². The Bertz CT molecular complexity index is 1110. The third-order valence-electron chi connectivity index (χ3n) is 5.70. The number of halogens is 2. The molecule has 0 heterocycles. The fourth-order valence-electron chi connectivity index (χ4n) is 3.57. The van der Waals surface area contributed by atoms with Crippen molar-refractivity contribution in [2.75, 3.05) is 6.61 Å². The maximum Gasteiger partial charge on any atom is 0.261 e. The molecular weight excluding hydrogens is 483 g/mol. The summed E-state index contributed by atoms with van der Waals surface area (Å²) in [6.07, 6.45) is 1.16. The van der Waals surface area contributed by atoms with Gasteiger partial charge in [0.15, 0.2) is 6.61 Å². The molecule has 3 aromatic rings. The normalized spacial score (nSPS) is 12.5. The second kappa shape index (κ2) is 13.2. The van der Waals surface area contributed by atoms with Crippen molar-refractivity contribution in [3.63, 3.8) is 0 Å². The van der Waals surface area contributed by atoms with Crippen molar-refractivity contribution in [3.8, 4) is 5.75 Å². The Balaban J connectivity index is 1.90. The lowest BCUT2D eigenvalue weighted by Gasteiger charge is -2.32. The van der Waals surface area contributed by atoms with E-state index in [0.29, 0.717) is 22.2 Å². The lowest BCUT2D eigenvalue weighted by molar-refractivity contribution is -0.143. The van der Waals surface area contributed by atoms with Gasteiger partial charge in [0.05, 0.1) is 0 Å². The summed E-state index contributed by atoms with van der Waals surface area (Å²) >= 11 is 12.1. The van der Waals surface area contributed by atoms with Crippen LogP contribution in [-0.4, -0.2) is 35.4 Å². The third kappa shape index (κ3) is 8.30. The summed E-state index contributed by atoms with van der Waals surface area (Å²) in [5, 5.41) is 4.17. The minimum atomic E-state index is -0.725. The molecule has 0 aliphatic carbocycles. The standard InChI is InChI=1S/C28H30Cl2N2O3/c1-3-20(2)31-28(34)26(16-21-8-5-4-6-9-21)32(18-22-12-14-23(29)15-13-22)27(33)19-35-25-11-7-10-24(30)17-25/h4-15,17,20,26H,3,16,18-19H2,1-2H3,(H,31,34)/t20-,26-/m0/s1. The Morgan fingerprint density at radius 3 is 2.29 bits per heavy atom. The molecule has 0 bridgehead atoms. The Morgan fingerprint density at radius 1 is 0.914 bits per heavy atom. The smallest absolute Gasteiger partial charge is 0.261 e. The van der Waals surface area contributed by atoms with Crippen molar-refractivity contribution in [2.24, 2.45) is 0 Å². The predicted molar refractivity (Wildman–Crippen MR) is 141 cm³/mol. The second-order valence-electron chi connectivity index (χ2n) is 8.42. The van der Waals surface area contributed by atoms with Crippen LogP contribution in [0.5, 0.6) is 5.75 Å². The summed E-state index contributed by atoms with van der Waals surface area (Å²) in [6, 6.07) is 23.1. The van der Waals surface area contributed by atoms with Gasteiger partial charge in [0.1, 0.15) is 11.8 Å². The molecule has 7 heteroatoms. The minimum Gasteiger partial charge on any atom is -0.484 e. The summed E-state index contributed by atoms with van der Waals surface area (Å²) in [5.41, 5.74) is 1.82. The minimum absolute atomic E-state index is 0.0176. The van der Waals surface area contributed by atoms with E-state index in [1.54, 1.807) is 41.3 Å². The number of hydrogen-bond donors (Lipinski definition) is 1. The Morgan fingerprint density at radius 2 is 1.63 bits per heavy atom. The highest BCUT2D eigenvalue weighted by molar-refractivity contribution is 6.30. The number of rotatable bonds is 11. The maximum absolute atomic E-state index is 13.5. The Kier molecular flexibility index (Phi) is 10.0. The van der Waals surface area contributed by atoms with E-state index in [4.69, 9.17) is 27.9 Å². The van der Waals surface area contributed by atoms with Crippen LogP contribution in [0.4, 0.5) is 0 Å². The summed E-state index contributed by atoms with van der Waals surface area (Å²) in [5.74, 6) is -0.0191. The number of nitrogens with zero attached hydrogens (tertiary/aromatic N) is 1. The molecule has 0 saturated carbocycles. The van der Waals surface area contributed by atoms with Crippen LogP contribution in [0, 0.1) is 0 Å². The van der Waals surface area contributed by atoms with Crippen LogP contribution in [-0.2, 0) is 22.6 Å². The summed E-state index contributed by atoms with van der Waals surface area (Å²) < 4.78 is 5.74. The first-order chi connectivity index (χ1) is 16.9. The third-order valence-corrected chi connectivity index (χ3v) is 6.18. The van der Waals surface area contributed by atoms with E-state index >= 15 is 0 Å². The van der Waals surface area contributed by atoms with Crippen molar-refractivity contribution in [2.45, 2.75) is 45.3 Å². The van der Waals surface area contributed by atoms with E-state index in [2.05, 4.69) is 5.32 Å². The molecule has 2 atom stereocenters. The molecule has 1 N–H and O–H groups in total. The number of benzene rings is 3. The SMILES string of the molecule is CC[C@H](C)NC(=O)[C@H](Cc1ccccc1)N(Cc1ccc(Cl)cc1)C(=O)COc1cccc(Cl)c1. The molecule has 3 rings (SSSR count). The van der Waals surface area contributed by atoms with E-state index in [1.807, 2.05) is 56.3 Å². The van der Waals surface area contributed by atoms with Crippen molar-refractivity contribution in [3.05, 3.63) is 100 Å². The second-order valence-corrected chi connectivity index (χ2v) is 9.29. The van der Waals surface area contributed by atoms with Crippen molar-refractivity contribution in [1.29, 1.82) is 0 Å². The summed E-state index contributed by atoms with van der Waals surface area (Å²) in [6.45, 7) is 3.97. The van der Waals surface area contributed by atoms with Gasteiger partial charge >= 0.3 is 0 Å². The number of hydrogen-bond acceptors (Lipinski definition) is 3. The van der Waals surface area contributed by atoms with E-state index < -0.39 is 6.04 Å². The van der Waals surface area contributed by atoms with Crippen LogP contribution in [0.25, 0.3) is 0 Å². The number of carbonyl (C=O) groups is 2. The van der Waals surface area contributed by atoms with Crippen LogP contribution in [0.15, 0.2) is 78.9 Å². The first-order valence-corrected chi connectivity index (χ1v) is 12.4. The largest absolute Gasteiger partial charge is 0.484 e. The van der Waals surface area contributed by atoms with Gasteiger partial charge in [0.2, 0.25) is 5.91 Å². The molecule has 5 nitrogen and oxygen atoms in total. The number of nitrogens with one attached hydrogen (secondary N) is 1. The first-order valence-electron chi connectivity index (χ1n) is 11.6. The molecule has 0 spiro atoms. The van der Waals surface area contributed by atoms with E-state index in [0.717, 1.165) is 17.5 Å². The number of ether oxygens (including phenoxy) is 1. The van der Waals surface area contributed by atoms with Gasteiger partial charge < -0.3 is 15.0 Å². The van der Waals surface area contributed by atoms with Crippen LogP contribution in [0.3, 0.4) is 0 Å². The van der Waals surface area contributed by atoms with Crippen LogP contribution >= 0.6 is 23.2 Å². The molecule has 0 aliphatic heterocycles. The van der Waals surface area contributed by atoms with Crippen LogP contribution in [0.1, 0.15) is 31.4 Å². The average molecular weight is 513 g/mol. The van der Waals surface area contributed by atoms with Crippen molar-refractivity contribution >= 4 is 35.0 Å². The summed E-state index contributed by atoms with van der Waals surface area (Å²) in [7, 11) is 0. The highest BCUT2D eigenvalue weighted by atomic mass is 35.5. The lowest BCUT2D eigenvalue weighted by atomic mass is 10.0. The monoisotopic (exact) mass is 512 g/mol. The quantitative estimate of drug-likeness (QED) is 0.346. The molecule has 0 fully saturated rings. The Labute approximate surface area is 217 Å². The average Bonchev–Trinajstić information content (AvgIpc) is 2.86. The van der Waals surface area contributed by atoms with E-state index in [1.165, 1.54) is 0 Å². The van der Waals surface area contributed by atoms with Crippen LogP contribution in [0.2, 0.25) is 10.0 Å². The van der Waals surface area contributed by atoms with Gasteiger partial charge in [-0.2, -0.15) is 0 Å². The van der Waals surface area contributed by atoms with Gasteiger partial charge in [-0.05, 0) is 54.8 Å². The zero-order valence-electron chi connectivity index (χ0n) is 19.9. The molecule has 3 aromatic carbocycles. The lowest BCUT2D eigenvalue weighted by Crippen LogP contribution is -2.53. The van der Waals surface area contributed by atoms with Gasteiger partial charge in [-0.15, -0.1) is 0 Å². The fourth-order valence-corrected chi connectivity index (χ4v) is 3.87. The molecule has 0 aromatic heterocycles.